The first-order valence-electron chi connectivity index (χ1n) is 7.87. The Hall–Kier alpha value is -1.35. The molecule has 0 amide bonds. The summed E-state index contributed by atoms with van der Waals surface area (Å²) in [4.78, 5) is 4.99. The largest absolute Gasteiger partial charge is 0.328 e. The minimum absolute atomic E-state index is 0.246. The van der Waals surface area contributed by atoms with Crippen LogP contribution in [0.2, 0.25) is 0 Å². The number of nitrogens with two attached hydrogens (primary N) is 1. The zero-order valence-electron chi connectivity index (χ0n) is 12.7. The summed E-state index contributed by atoms with van der Waals surface area (Å²) in [6, 6.07) is 6.46. The van der Waals surface area contributed by atoms with E-state index in [0.29, 0.717) is 6.54 Å². The van der Waals surface area contributed by atoms with Gasteiger partial charge in [0.2, 0.25) is 0 Å². The lowest BCUT2D eigenvalue weighted by Gasteiger charge is -2.33. The fourth-order valence-corrected chi connectivity index (χ4v) is 3.64. The van der Waals surface area contributed by atoms with E-state index in [4.69, 9.17) is 10.7 Å². The Morgan fingerprint density at radius 2 is 2.00 bits per heavy atom. The van der Waals surface area contributed by atoms with Gasteiger partial charge in [-0.2, -0.15) is 0 Å². The third-order valence-corrected chi connectivity index (χ3v) is 4.86. The van der Waals surface area contributed by atoms with Crippen molar-refractivity contribution in [3.63, 3.8) is 0 Å². The fourth-order valence-electron chi connectivity index (χ4n) is 3.64. The van der Waals surface area contributed by atoms with Gasteiger partial charge in [-0.05, 0) is 37.5 Å². The van der Waals surface area contributed by atoms with Crippen LogP contribution in [0, 0.1) is 0 Å². The van der Waals surface area contributed by atoms with Gasteiger partial charge in [0.1, 0.15) is 5.82 Å². The Bertz CT molecular complexity index is 606. The molecule has 1 aromatic carbocycles. The van der Waals surface area contributed by atoms with Gasteiger partial charge in [0, 0.05) is 18.5 Å². The lowest BCUT2D eigenvalue weighted by Crippen LogP contribution is -2.29. The summed E-state index contributed by atoms with van der Waals surface area (Å²) in [5.74, 6) is 1.28. The number of aryl methyl sites for hydroxylation is 1. The molecule has 3 nitrogen and oxygen atoms in total. The summed E-state index contributed by atoms with van der Waals surface area (Å²) >= 11 is 0. The predicted molar refractivity (Wildman–Crippen MR) is 83.7 cm³/mol. The molecule has 1 aliphatic rings. The lowest BCUT2D eigenvalue weighted by molar-refractivity contribution is 0.296. The molecule has 2 N–H and O–H groups in total. The van der Waals surface area contributed by atoms with E-state index >= 15 is 0 Å². The zero-order valence-corrected chi connectivity index (χ0v) is 12.7. The van der Waals surface area contributed by atoms with Crippen LogP contribution in [-0.2, 0) is 18.5 Å². The van der Waals surface area contributed by atoms with Gasteiger partial charge in [-0.1, -0.05) is 32.3 Å². The molecule has 0 atom stereocenters. The van der Waals surface area contributed by atoms with E-state index in [9.17, 15) is 0 Å². The Morgan fingerprint density at radius 1 is 1.25 bits per heavy atom. The summed E-state index contributed by atoms with van der Waals surface area (Å²) in [5, 5.41) is 0. The van der Waals surface area contributed by atoms with Crippen LogP contribution in [-0.4, -0.2) is 9.55 Å². The predicted octanol–water partition coefficient (Wildman–Crippen LogP) is 3.74. The molecule has 1 saturated carbocycles. The van der Waals surface area contributed by atoms with Gasteiger partial charge >= 0.3 is 0 Å². The van der Waals surface area contributed by atoms with Gasteiger partial charge in [-0.25, -0.2) is 4.98 Å². The van der Waals surface area contributed by atoms with Crippen molar-refractivity contribution < 1.29 is 0 Å². The molecule has 0 radical (unpaired) electrons. The molecule has 0 unspecified atom stereocenters. The summed E-state index contributed by atoms with van der Waals surface area (Å²) in [6.45, 7) is 6.18. The average molecular weight is 271 g/mol. The maximum atomic E-state index is 5.75. The number of aromatic nitrogens is 2. The van der Waals surface area contributed by atoms with Crippen LogP contribution in [0.4, 0.5) is 0 Å². The molecule has 108 valence electrons. The number of benzene rings is 1. The van der Waals surface area contributed by atoms with E-state index in [1.54, 1.807) is 0 Å². The minimum Gasteiger partial charge on any atom is -0.328 e. The standard InChI is InChI=1S/C17H25N3/c1-3-20-15-8-7-13(12-18)11-14(15)19-16(20)17(2)9-5-4-6-10-17/h7-8,11H,3-6,9-10,12,18H2,1-2H3. The highest BCUT2D eigenvalue weighted by molar-refractivity contribution is 5.77. The third kappa shape index (κ3) is 2.14. The van der Waals surface area contributed by atoms with Crippen molar-refractivity contribution >= 4 is 11.0 Å². The van der Waals surface area contributed by atoms with Crippen LogP contribution in [0.5, 0.6) is 0 Å². The second-order valence-corrected chi connectivity index (χ2v) is 6.33. The van der Waals surface area contributed by atoms with Crippen molar-refractivity contribution in [1.29, 1.82) is 0 Å². The van der Waals surface area contributed by atoms with Gasteiger partial charge in [-0.3, -0.25) is 0 Å². The van der Waals surface area contributed by atoms with Crippen molar-refractivity contribution in [2.24, 2.45) is 5.73 Å². The van der Waals surface area contributed by atoms with Crippen molar-refractivity contribution in [2.45, 2.75) is 64.5 Å². The second kappa shape index (κ2) is 5.21. The Labute approximate surface area is 121 Å². The smallest absolute Gasteiger partial charge is 0.115 e. The van der Waals surface area contributed by atoms with Crippen molar-refractivity contribution in [1.82, 2.24) is 9.55 Å². The van der Waals surface area contributed by atoms with E-state index < -0.39 is 0 Å². The second-order valence-electron chi connectivity index (χ2n) is 6.33. The Kier molecular flexibility index (Phi) is 3.55. The summed E-state index contributed by atoms with van der Waals surface area (Å²) < 4.78 is 2.40. The van der Waals surface area contributed by atoms with Gasteiger partial charge < -0.3 is 10.3 Å². The van der Waals surface area contributed by atoms with Crippen molar-refractivity contribution in [3.8, 4) is 0 Å². The number of imidazole rings is 1. The van der Waals surface area contributed by atoms with Crippen molar-refractivity contribution in [2.75, 3.05) is 0 Å². The lowest BCUT2D eigenvalue weighted by atomic mass is 9.75. The first kappa shape index (κ1) is 13.6. The van der Waals surface area contributed by atoms with E-state index in [2.05, 4.69) is 36.6 Å². The van der Waals surface area contributed by atoms with Crippen LogP contribution in [0.15, 0.2) is 18.2 Å². The topological polar surface area (TPSA) is 43.8 Å². The quantitative estimate of drug-likeness (QED) is 0.924. The van der Waals surface area contributed by atoms with Crippen LogP contribution in [0.25, 0.3) is 11.0 Å². The zero-order chi connectivity index (χ0) is 14.2. The van der Waals surface area contributed by atoms with Gasteiger partial charge in [0.25, 0.3) is 0 Å². The van der Waals surface area contributed by atoms with Crippen molar-refractivity contribution in [3.05, 3.63) is 29.6 Å². The maximum absolute atomic E-state index is 5.75. The van der Waals surface area contributed by atoms with E-state index in [0.717, 1.165) is 12.1 Å². The van der Waals surface area contributed by atoms with Gasteiger partial charge in [0.15, 0.2) is 0 Å². The van der Waals surface area contributed by atoms with Crippen LogP contribution < -0.4 is 5.73 Å². The molecule has 3 heteroatoms. The molecule has 1 fully saturated rings. The number of fused-ring (bicyclic) bond motifs is 1. The molecule has 0 saturated heterocycles. The highest BCUT2D eigenvalue weighted by Crippen LogP contribution is 2.39. The number of hydrogen-bond acceptors (Lipinski definition) is 2. The monoisotopic (exact) mass is 271 g/mol. The minimum atomic E-state index is 0.246. The van der Waals surface area contributed by atoms with Crippen LogP contribution >= 0.6 is 0 Å². The fraction of sp³-hybridized carbons (Fsp3) is 0.588. The number of hydrogen-bond donors (Lipinski definition) is 1. The molecule has 1 aliphatic carbocycles. The van der Waals surface area contributed by atoms with Gasteiger partial charge in [0.05, 0.1) is 11.0 Å². The number of rotatable bonds is 3. The molecule has 2 aromatic rings. The van der Waals surface area contributed by atoms with Crippen LogP contribution in [0.1, 0.15) is 57.3 Å². The normalized spacial score (nSPS) is 18.6. The van der Waals surface area contributed by atoms with E-state index in [1.807, 2.05) is 0 Å². The first-order valence-corrected chi connectivity index (χ1v) is 7.87. The molecule has 1 heterocycles. The van der Waals surface area contributed by atoms with Gasteiger partial charge in [-0.15, -0.1) is 0 Å². The Balaban J connectivity index is 2.14. The highest BCUT2D eigenvalue weighted by Gasteiger charge is 2.33. The molecule has 0 spiro atoms. The van der Waals surface area contributed by atoms with Crippen LogP contribution in [0.3, 0.4) is 0 Å². The molecular formula is C17H25N3. The molecule has 20 heavy (non-hydrogen) atoms. The number of nitrogens with zero attached hydrogens (tertiary/aromatic N) is 2. The molecule has 3 rings (SSSR count). The summed E-state index contributed by atoms with van der Waals surface area (Å²) in [5.41, 5.74) is 9.53. The molecule has 1 aromatic heterocycles. The Morgan fingerprint density at radius 3 is 2.65 bits per heavy atom. The summed E-state index contributed by atoms with van der Waals surface area (Å²) in [7, 11) is 0. The molecule has 0 bridgehead atoms. The average Bonchev–Trinajstić information content (AvgIpc) is 2.86. The van der Waals surface area contributed by atoms with E-state index in [-0.39, 0.29) is 5.41 Å². The summed E-state index contributed by atoms with van der Waals surface area (Å²) in [6.07, 6.45) is 6.56. The highest BCUT2D eigenvalue weighted by atomic mass is 15.1. The molecule has 0 aliphatic heterocycles. The SMILES string of the molecule is CCn1c(C2(C)CCCCC2)nc2cc(CN)ccc21. The first-order chi connectivity index (χ1) is 9.68. The molecular weight excluding hydrogens is 246 g/mol. The third-order valence-electron chi connectivity index (χ3n) is 4.86. The van der Waals surface area contributed by atoms with E-state index in [1.165, 1.54) is 49.0 Å². The maximum Gasteiger partial charge on any atom is 0.115 e.